The number of aromatic hydroxyl groups is 1. The van der Waals surface area contributed by atoms with E-state index in [-0.39, 0.29) is 17.2 Å². The van der Waals surface area contributed by atoms with Crippen molar-refractivity contribution in [3.63, 3.8) is 0 Å². The molecule has 1 amide bonds. The van der Waals surface area contributed by atoms with Gasteiger partial charge in [-0.3, -0.25) is 4.79 Å². The van der Waals surface area contributed by atoms with Gasteiger partial charge in [0, 0.05) is 5.69 Å². The zero-order valence-corrected chi connectivity index (χ0v) is 25.9. The summed E-state index contributed by atoms with van der Waals surface area (Å²) in [5.41, 5.74) is 0.139. The number of aromatic carboxylic acids is 1. The molecule has 0 bridgehead atoms. The van der Waals surface area contributed by atoms with Crippen molar-refractivity contribution in [1.82, 2.24) is 0 Å². The molecule has 0 saturated heterocycles. The molecule has 0 heterocycles. The van der Waals surface area contributed by atoms with Crippen LogP contribution in [-0.4, -0.2) is 32.6 Å². The van der Waals surface area contributed by atoms with Gasteiger partial charge in [-0.15, -0.1) is 11.8 Å². The Hall–Kier alpha value is -3.25. The fourth-order valence-corrected chi connectivity index (χ4v) is 5.27. The zero-order valence-electron chi connectivity index (χ0n) is 25.1. The highest BCUT2D eigenvalue weighted by Crippen LogP contribution is 2.35. The van der Waals surface area contributed by atoms with Crippen LogP contribution in [0.15, 0.2) is 91.1 Å². The van der Waals surface area contributed by atoms with Gasteiger partial charge in [0.05, 0.1) is 4.75 Å². The molecule has 41 heavy (non-hydrogen) atoms. The lowest BCUT2D eigenvalue weighted by atomic mass is 10.0. The fourth-order valence-electron chi connectivity index (χ4n) is 3.98. The Balaban J connectivity index is 2.28. The second-order valence-corrected chi connectivity index (χ2v) is 11.1. The average Bonchev–Trinajstić information content (AvgIpc) is 2.97. The molecule has 6 heteroatoms. The molecule has 0 aromatic heterocycles. The summed E-state index contributed by atoms with van der Waals surface area (Å²) in [6.07, 6.45) is 35.6. The first-order valence-electron chi connectivity index (χ1n) is 14.8. The van der Waals surface area contributed by atoms with Crippen molar-refractivity contribution in [3.05, 3.63) is 96.7 Å². The summed E-state index contributed by atoms with van der Waals surface area (Å²) in [5, 5.41) is 21.8. The van der Waals surface area contributed by atoms with Crippen molar-refractivity contribution in [2.75, 3.05) is 11.1 Å². The number of carboxylic acid groups (broad SMARTS) is 1. The number of allylic oxidation sites excluding steroid dienone is 12. The maximum absolute atomic E-state index is 13.1. The zero-order chi connectivity index (χ0) is 30.2. The summed E-state index contributed by atoms with van der Waals surface area (Å²) in [6, 6.07) is 4.10. The molecule has 0 spiro atoms. The molecule has 5 nitrogen and oxygen atoms in total. The maximum Gasteiger partial charge on any atom is 0.339 e. The molecule has 0 aliphatic carbocycles. The number of hydrogen-bond acceptors (Lipinski definition) is 4. The molecular formula is C35H49NO4S. The van der Waals surface area contributed by atoms with Gasteiger partial charge in [-0.05, 0) is 88.2 Å². The highest BCUT2D eigenvalue weighted by Gasteiger charge is 2.35. The first-order chi connectivity index (χ1) is 19.9. The van der Waals surface area contributed by atoms with Crippen LogP contribution in [0.4, 0.5) is 5.69 Å². The molecule has 0 fully saturated rings. The van der Waals surface area contributed by atoms with Gasteiger partial charge in [0.2, 0.25) is 5.91 Å². The van der Waals surface area contributed by atoms with Crippen LogP contribution in [0.1, 0.15) is 95.3 Å². The van der Waals surface area contributed by atoms with Crippen LogP contribution < -0.4 is 5.32 Å². The van der Waals surface area contributed by atoms with Gasteiger partial charge in [-0.2, -0.15) is 0 Å². The topological polar surface area (TPSA) is 86.6 Å². The number of thioether (sulfide) groups is 1. The Morgan fingerprint density at radius 3 is 1.73 bits per heavy atom. The number of carbonyl (C=O) groups excluding carboxylic acids is 1. The molecule has 1 aromatic carbocycles. The predicted octanol–water partition coefficient (Wildman–Crippen LogP) is 9.80. The van der Waals surface area contributed by atoms with Gasteiger partial charge in [0.1, 0.15) is 11.3 Å². The number of benzene rings is 1. The highest BCUT2D eigenvalue weighted by atomic mass is 32.2. The van der Waals surface area contributed by atoms with E-state index in [1.807, 2.05) is 13.8 Å². The molecule has 0 aliphatic rings. The molecule has 0 unspecified atom stereocenters. The van der Waals surface area contributed by atoms with Crippen LogP contribution in [0.3, 0.4) is 0 Å². The lowest BCUT2D eigenvalue weighted by Crippen LogP contribution is -2.39. The van der Waals surface area contributed by atoms with Gasteiger partial charge in [0.25, 0.3) is 0 Å². The van der Waals surface area contributed by atoms with Gasteiger partial charge < -0.3 is 15.5 Å². The lowest BCUT2D eigenvalue weighted by Gasteiger charge is -2.29. The van der Waals surface area contributed by atoms with Crippen LogP contribution >= 0.6 is 11.8 Å². The molecule has 0 saturated carbocycles. The van der Waals surface area contributed by atoms with E-state index in [0.29, 0.717) is 18.5 Å². The number of carboxylic acids is 1. The second-order valence-electron chi connectivity index (χ2n) is 9.60. The van der Waals surface area contributed by atoms with Gasteiger partial charge in [0.15, 0.2) is 0 Å². The Labute approximate surface area is 251 Å². The van der Waals surface area contributed by atoms with Gasteiger partial charge in [-0.1, -0.05) is 93.7 Å². The summed E-state index contributed by atoms with van der Waals surface area (Å²) in [7, 11) is 0. The molecule has 224 valence electrons. The minimum absolute atomic E-state index is 0.136. The average molecular weight is 580 g/mol. The highest BCUT2D eigenvalue weighted by molar-refractivity contribution is 8.01. The van der Waals surface area contributed by atoms with Crippen molar-refractivity contribution >= 4 is 29.3 Å². The smallest absolute Gasteiger partial charge is 0.339 e. The first-order valence-corrected chi connectivity index (χ1v) is 15.8. The van der Waals surface area contributed by atoms with Crippen LogP contribution in [0, 0.1) is 0 Å². The van der Waals surface area contributed by atoms with E-state index >= 15 is 0 Å². The van der Waals surface area contributed by atoms with E-state index in [4.69, 9.17) is 0 Å². The Kier molecular flexibility index (Phi) is 19.6. The minimum Gasteiger partial charge on any atom is -0.507 e. The van der Waals surface area contributed by atoms with Crippen molar-refractivity contribution in [2.24, 2.45) is 0 Å². The minimum atomic E-state index is -1.24. The number of carbonyl (C=O) groups is 2. The lowest BCUT2D eigenvalue weighted by molar-refractivity contribution is -0.118. The Morgan fingerprint density at radius 1 is 0.780 bits per heavy atom. The monoisotopic (exact) mass is 579 g/mol. The third-order valence-corrected chi connectivity index (χ3v) is 8.34. The molecule has 0 radical (unpaired) electrons. The summed E-state index contributed by atoms with van der Waals surface area (Å²) in [6.45, 7) is 6.15. The molecule has 3 N–H and O–H groups in total. The molecular weight excluding hydrogens is 530 g/mol. The number of anilines is 1. The van der Waals surface area contributed by atoms with Crippen molar-refractivity contribution < 1.29 is 19.8 Å². The van der Waals surface area contributed by atoms with Gasteiger partial charge >= 0.3 is 5.97 Å². The second kappa shape index (κ2) is 22.4. The van der Waals surface area contributed by atoms with Crippen molar-refractivity contribution in [2.45, 2.75) is 89.7 Å². The van der Waals surface area contributed by atoms with E-state index in [0.717, 1.165) is 57.1 Å². The number of amides is 1. The number of phenols is 1. The summed E-state index contributed by atoms with van der Waals surface area (Å²) < 4.78 is -0.584. The summed E-state index contributed by atoms with van der Waals surface area (Å²) >= 11 is 1.66. The van der Waals surface area contributed by atoms with Gasteiger partial charge in [-0.25, -0.2) is 4.79 Å². The molecule has 0 atom stereocenters. The predicted molar refractivity (Wildman–Crippen MR) is 177 cm³/mol. The molecule has 1 aromatic rings. The van der Waals surface area contributed by atoms with E-state index < -0.39 is 10.7 Å². The SMILES string of the molecule is CCC=CCC=CCC=CCC=CCC=CCC=CCCCSC(CC)(CC)C(=O)Nc1ccc(O)c(C(=O)O)c1. The van der Waals surface area contributed by atoms with E-state index in [1.165, 1.54) is 18.2 Å². The standard InChI is InChI=1S/C35H49NO4S/c1-4-7-8-9-10-11-12-13-14-15-16-17-18-19-20-21-22-23-24-25-28-41-35(5-2,6-3)34(40)36-30-26-27-32(37)31(29-30)33(38)39/h7-8,10-11,13-14,16-17,19-20,22-23,26-27,29,37H,4-6,9,12,15,18,21,24-25,28H2,1-3H3,(H,36,40)(H,38,39). The molecule has 1 rings (SSSR count). The number of rotatable bonds is 21. The van der Waals surface area contributed by atoms with E-state index in [2.05, 4.69) is 85.2 Å². The van der Waals surface area contributed by atoms with Crippen LogP contribution in [0.5, 0.6) is 5.75 Å². The summed E-state index contributed by atoms with van der Waals surface area (Å²) in [4.78, 5) is 24.4. The van der Waals surface area contributed by atoms with Crippen LogP contribution in [-0.2, 0) is 4.79 Å². The quantitative estimate of drug-likeness (QED) is 0.0766. The summed E-state index contributed by atoms with van der Waals surface area (Å²) in [5.74, 6) is -0.837. The Morgan fingerprint density at radius 2 is 1.27 bits per heavy atom. The fraction of sp³-hybridized carbons (Fsp3) is 0.429. The third kappa shape index (κ3) is 15.4. The largest absolute Gasteiger partial charge is 0.507 e. The normalized spacial score (nSPS) is 12.8. The van der Waals surface area contributed by atoms with Crippen LogP contribution in [0.25, 0.3) is 0 Å². The Bertz CT molecular complexity index is 1080. The van der Waals surface area contributed by atoms with Crippen LogP contribution in [0.2, 0.25) is 0 Å². The maximum atomic E-state index is 13.1. The van der Waals surface area contributed by atoms with Crippen molar-refractivity contribution in [1.29, 1.82) is 0 Å². The van der Waals surface area contributed by atoms with E-state index in [9.17, 15) is 19.8 Å². The third-order valence-electron chi connectivity index (χ3n) is 6.53. The number of nitrogens with one attached hydrogen (secondary N) is 1. The van der Waals surface area contributed by atoms with Crippen molar-refractivity contribution in [3.8, 4) is 5.75 Å². The molecule has 0 aliphatic heterocycles. The first kappa shape index (κ1) is 35.8. The number of hydrogen-bond donors (Lipinski definition) is 3. The number of unbranched alkanes of at least 4 members (excludes halogenated alkanes) is 1. The van der Waals surface area contributed by atoms with E-state index in [1.54, 1.807) is 11.8 Å².